The first-order valence-electron chi connectivity index (χ1n) is 6.44. The average Bonchev–Trinajstić information content (AvgIpc) is 3.07. The Balaban J connectivity index is 1.73. The minimum Gasteiger partial charge on any atom is -0.477 e. The van der Waals surface area contributed by atoms with E-state index in [9.17, 15) is 9.59 Å². The molecule has 0 atom stereocenters. The van der Waals surface area contributed by atoms with Crippen molar-refractivity contribution in [3.05, 3.63) is 47.7 Å². The van der Waals surface area contributed by atoms with Crippen LogP contribution in [0.1, 0.15) is 15.9 Å². The minimum atomic E-state index is -1.11. The van der Waals surface area contributed by atoms with Gasteiger partial charge in [0.25, 0.3) is 0 Å². The van der Waals surface area contributed by atoms with Crippen molar-refractivity contribution in [3.8, 4) is 0 Å². The topological polar surface area (TPSA) is 84.7 Å². The van der Waals surface area contributed by atoms with Gasteiger partial charge in [0.15, 0.2) is 5.82 Å². The molecule has 1 N–H and O–H groups in total. The van der Waals surface area contributed by atoms with Crippen LogP contribution in [0.25, 0.3) is 0 Å². The minimum absolute atomic E-state index is 0.00385. The van der Waals surface area contributed by atoms with Gasteiger partial charge in [-0.25, -0.2) is 14.3 Å². The highest BCUT2D eigenvalue weighted by Gasteiger charge is 2.32. The highest BCUT2D eigenvalue weighted by molar-refractivity contribution is 5.99. The summed E-state index contributed by atoms with van der Waals surface area (Å²) in [5.74, 6) is -0.834. The summed E-state index contributed by atoms with van der Waals surface area (Å²) in [5.41, 5.74) is 0.876. The first-order chi connectivity index (χ1) is 10.2. The highest BCUT2D eigenvalue weighted by atomic mass is 16.6. The zero-order valence-electron chi connectivity index (χ0n) is 11.1. The molecule has 0 fully saturated rings. The normalized spacial score (nSPS) is 13.0. The molecule has 0 bridgehead atoms. The van der Waals surface area contributed by atoms with Crippen molar-refractivity contribution in [2.75, 3.05) is 11.4 Å². The van der Waals surface area contributed by atoms with E-state index < -0.39 is 12.1 Å². The molecule has 7 heteroatoms. The second kappa shape index (κ2) is 5.28. The van der Waals surface area contributed by atoms with E-state index in [1.807, 2.05) is 30.3 Å². The summed E-state index contributed by atoms with van der Waals surface area (Å²) in [6.45, 7) is 0.965. The van der Waals surface area contributed by atoms with Gasteiger partial charge in [0, 0.05) is 0 Å². The van der Waals surface area contributed by atoms with E-state index in [1.165, 1.54) is 15.8 Å². The van der Waals surface area contributed by atoms with Gasteiger partial charge in [-0.15, -0.1) is 0 Å². The number of amides is 1. The van der Waals surface area contributed by atoms with Crippen molar-refractivity contribution in [3.63, 3.8) is 0 Å². The third kappa shape index (κ3) is 2.45. The fourth-order valence-electron chi connectivity index (χ4n) is 2.25. The molecule has 0 unspecified atom stereocenters. The number of nitrogens with zero attached hydrogens (tertiary/aromatic N) is 3. The van der Waals surface area contributed by atoms with Gasteiger partial charge < -0.3 is 9.84 Å². The highest BCUT2D eigenvalue weighted by Crippen LogP contribution is 2.26. The monoisotopic (exact) mass is 287 g/mol. The number of aromatic carboxylic acids is 1. The second-order valence-corrected chi connectivity index (χ2v) is 4.60. The lowest BCUT2D eigenvalue weighted by Gasteiger charge is -2.15. The lowest BCUT2D eigenvalue weighted by atomic mass is 10.2. The number of benzene rings is 1. The van der Waals surface area contributed by atoms with Crippen molar-refractivity contribution in [1.29, 1.82) is 0 Å². The Morgan fingerprint density at radius 2 is 2.00 bits per heavy atom. The van der Waals surface area contributed by atoms with E-state index in [-0.39, 0.29) is 18.0 Å². The van der Waals surface area contributed by atoms with Gasteiger partial charge in [-0.2, -0.15) is 5.10 Å². The predicted molar refractivity (Wildman–Crippen MR) is 73.2 cm³/mol. The Bertz CT molecular complexity index is 681. The number of carbonyl (C=O) groups excluding carboxylic acids is 1. The maximum absolute atomic E-state index is 12.1. The molecule has 1 aromatic heterocycles. The summed E-state index contributed by atoms with van der Waals surface area (Å²) >= 11 is 0. The Morgan fingerprint density at radius 1 is 1.24 bits per heavy atom. The summed E-state index contributed by atoms with van der Waals surface area (Å²) in [6.07, 6.45) is 0.675. The van der Waals surface area contributed by atoms with E-state index in [0.29, 0.717) is 13.1 Å². The second-order valence-electron chi connectivity index (χ2n) is 4.60. The van der Waals surface area contributed by atoms with Crippen LogP contribution in [-0.2, 0) is 17.9 Å². The molecule has 1 amide bonds. The molecular formula is C14H13N3O4. The maximum atomic E-state index is 12.1. The van der Waals surface area contributed by atoms with E-state index in [0.717, 1.165) is 5.56 Å². The first-order valence-corrected chi connectivity index (χ1v) is 6.44. The van der Waals surface area contributed by atoms with Crippen molar-refractivity contribution in [2.24, 2.45) is 0 Å². The van der Waals surface area contributed by atoms with Crippen molar-refractivity contribution in [2.45, 2.75) is 13.2 Å². The molecule has 0 spiro atoms. The third-order valence-electron chi connectivity index (χ3n) is 3.26. The summed E-state index contributed by atoms with van der Waals surface area (Å²) in [6, 6.07) is 9.30. The van der Waals surface area contributed by atoms with Gasteiger partial charge in [-0.05, 0) is 5.56 Å². The molecule has 2 heterocycles. The molecule has 3 rings (SSSR count). The molecule has 1 aromatic carbocycles. The Kier molecular flexibility index (Phi) is 3.31. The zero-order chi connectivity index (χ0) is 14.8. The number of rotatable bonds is 3. The fraction of sp³-hybridized carbons (Fsp3) is 0.214. The van der Waals surface area contributed by atoms with Crippen molar-refractivity contribution >= 4 is 17.9 Å². The van der Waals surface area contributed by atoms with E-state index >= 15 is 0 Å². The number of carbonyl (C=O) groups is 2. The van der Waals surface area contributed by atoms with Crippen LogP contribution >= 0.6 is 0 Å². The molecule has 0 aliphatic carbocycles. The summed E-state index contributed by atoms with van der Waals surface area (Å²) in [7, 11) is 0. The predicted octanol–water partition coefficient (Wildman–Crippen LogP) is 1.74. The van der Waals surface area contributed by atoms with Crippen LogP contribution in [0.2, 0.25) is 0 Å². The van der Waals surface area contributed by atoms with Crippen LogP contribution < -0.4 is 4.90 Å². The maximum Gasteiger partial charge on any atom is 0.415 e. The molecule has 0 saturated carbocycles. The quantitative estimate of drug-likeness (QED) is 0.929. The molecule has 1 aliphatic heterocycles. The van der Waals surface area contributed by atoms with E-state index in [1.54, 1.807) is 0 Å². The first kappa shape index (κ1) is 13.2. The van der Waals surface area contributed by atoms with Gasteiger partial charge in [-0.3, -0.25) is 4.90 Å². The van der Waals surface area contributed by atoms with Crippen LogP contribution in [0.5, 0.6) is 0 Å². The van der Waals surface area contributed by atoms with Gasteiger partial charge >= 0.3 is 12.1 Å². The molecular weight excluding hydrogens is 274 g/mol. The standard InChI is InChI=1S/C14H13N3O4/c18-13(19)11-8-15-17-7-6-16(12(11)17)14(20)21-9-10-4-2-1-3-5-10/h1-5,8H,6-7,9H2,(H,18,19). The summed E-state index contributed by atoms with van der Waals surface area (Å²) < 4.78 is 6.72. The van der Waals surface area contributed by atoms with Crippen molar-refractivity contribution in [1.82, 2.24) is 9.78 Å². The van der Waals surface area contributed by atoms with Crippen LogP contribution in [0, 0.1) is 0 Å². The number of hydrogen-bond donors (Lipinski definition) is 1. The Hall–Kier alpha value is -2.83. The molecule has 2 aromatic rings. The van der Waals surface area contributed by atoms with Gasteiger partial charge in [0.2, 0.25) is 0 Å². The third-order valence-corrected chi connectivity index (χ3v) is 3.26. The molecule has 108 valence electrons. The number of carboxylic acids is 1. The van der Waals surface area contributed by atoms with Gasteiger partial charge in [-0.1, -0.05) is 30.3 Å². The SMILES string of the molecule is O=C(O)c1cnn2c1N(C(=O)OCc1ccccc1)CC2. The van der Waals surface area contributed by atoms with E-state index in [4.69, 9.17) is 9.84 Å². The van der Waals surface area contributed by atoms with Crippen LogP contribution in [0.3, 0.4) is 0 Å². The summed E-state index contributed by atoms with van der Waals surface area (Å²) in [4.78, 5) is 24.6. The van der Waals surface area contributed by atoms with Crippen LogP contribution in [-0.4, -0.2) is 33.5 Å². The smallest absolute Gasteiger partial charge is 0.415 e. The van der Waals surface area contributed by atoms with E-state index in [2.05, 4.69) is 5.10 Å². The summed E-state index contributed by atoms with van der Waals surface area (Å²) in [5, 5.41) is 13.1. The number of fused-ring (bicyclic) bond motifs is 1. The molecule has 21 heavy (non-hydrogen) atoms. The van der Waals surface area contributed by atoms with Gasteiger partial charge in [0.05, 0.1) is 19.3 Å². The van der Waals surface area contributed by atoms with Crippen molar-refractivity contribution < 1.29 is 19.4 Å². The fourth-order valence-corrected chi connectivity index (χ4v) is 2.25. The molecule has 7 nitrogen and oxygen atoms in total. The Labute approximate surface area is 120 Å². The number of aromatic nitrogens is 2. The number of anilines is 1. The molecule has 1 aliphatic rings. The largest absolute Gasteiger partial charge is 0.477 e. The van der Waals surface area contributed by atoms with Crippen LogP contribution in [0.4, 0.5) is 10.6 Å². The lowest BCUT2D eigenvalue weighted by molar-refractivity contribution is 0.0697. The number of carboxylic acid groups (broad SMARTS) is 1. The van der Waals surface area contributed by atoms with Crippen LogP contribution in [0.15, 0.2) is 36.5 Å². The Morgan fingerprint density at radius 3 is 2.71 bits per heavy atom. The van der Waals surface area contributed by atoms with Gasteiger partial charge in [0.1, 0.15) is 12.2 Å². The average molecular weight is 287 g/mol. The number of ether oxygens (including phenoxy) is 1. The lowest BCUT2D eigenvalue weighted by Crippen LogP contribution is -2.30. The zero-order valence-corrected chi connectivity index (χ0v) is 11.1. The molecule has 0 radical (unpaired) electrons. The molecule has 0 saturated heterocycles. The number of hydrogen-bond acceptors (Lipinski definition) is 4.